The number of hydrogen-bond donors (Lipinski definition) is 0. The second-order valence-corrected chi connectivity index (χ2v) is 6.28. The molecule has 0 aromatic heterocycles. The second-order valence-electron chi connectivity index (χ2n) is 6.28. The summed E-state index contributed by atoms with van der Waals surface area (Å²) in [6, 6.07) is 0. The molecule has 0 aromatic carbocycles. The Hall–Kier alpha value is -1.97. The maximum absolute atomic E-state index is 11.1. The predicted molar refractivity (Wildman–Crippen MR) is 109 cm³/mol. The molecule has 145 valence electrons. The van der Waals surface area contributed by atoms with Crippen LogP contribution < -0.4 is 0 Å². The van der Waals surface area contributed by atoms with Crippen molar-refractivity contribution >= 4 is 6.29 Å². The van der Waals surface area contributed by atoms with E-state index in [1.54, 1.807) is 6.08 Å². The molecule has 0 atom stereocenters. The molecular formula is C22H34NO3. The normalized spacial score (nSPS) is 12.6. The zero-order valence-corrected chi connectivity index (χ0v) is 16.2. The molecule has 4 nitrogen and oxygen atoms in total. The minimum Gasteiger partial charge on any atom is -0.291 e. The Morgan fingerprint density at radius 3 is 2.23 bits per heavy atom. The van der Waals surface area contributed by atoms with Crippen LogP contribution in [-0.2, 0) is 4.79 Å². The summed E-state index contributed by atoms with van der Waals surface area (Å²) in [6.07, 6.45) is 26.8. The predicted octanol–water partition coefficient (Wildman–Crippen LogP) is 6.63. The smallest absolute Gasteiger partial charge is 0.246 e. The second kappa shape index (κ2) is 19.4. The van der Waals surface area contributed by atoms with Crippen molar-refractivity contribution in [2.24, 2.45) is 0 Å². The van der Waals surface area contributed by atoms with E-state index in [1.165, 1.54) is 19.3 Å². The summed E-state index contributed by atoms with van der Waals surface area (Å²) in [7, 11) is 0. The molecule has 1 radical (unpaired) electrons. The maximum atomic E-state index is 11.1. The van der Waals surface area contributed by atoms with E-state index in [1.807, 2.05) is 24.5 Å². The summed E-state index contributed by atoms with van der Waals surface area (Å²) < 4.78 is 0. The van der Waals surface area contributed by atoms with Crippen molar-refractivity contribution in [1.82, 2.24) is 0 Å². The number of unbranched alkanes of at least 4 members (excludes halogenated alkanes) is 7. The average Bonchev–Trinajstić information content (AvgIpc) is 2.63. The molecule has 26 heavy (non-hydrogen) atoms. The van der Waals surface area contributed by atoms with Crippen molar-refractivity contribution in [2.75, 3.05) is 0 Å². The monoisotopic (exact) mass is 360 g/mol. The van der Waals surface area contributed by atoms with E-state index >= 15 is 0 Å². The van der Waals surface area contributed by atoms with Gasteiger partial charge in [-0.25, -0.2) is 0 Å². The summed E-state index contributed by atoms with van der Waals surface area (Å²) in [5.41, 5.74) is 0.247. The van der Waals surface area contributed by atoms with Crippen LogP contribution in [0.4, 0.5) is 0 Å². The first-order chi connectivity index (χ1) is 12.7. The Morgan fingerprint density at radius 2 is 1.54 bits per heavy atom. The Labute approximate surface area is 158 Å². The van der Waals surface area contributed by atoms with Crippen LogP contribution >= 0.6 is 0 Å². The van der Waals surface area contributed by atoms with Crippen molar-refractivity contribution < 1.29 is 9.72 Å². The number of allylic oxidation sites excluding steroid dienone is 7. The summed E-state index contributed by atoms with van der Waals surface area (Å²) in [4.78, 5) is 20.8. The van der Waals surface area contributed by atoms with Gasteiger partial charge in [-0.3, -0.25) is 14.9 Å². The van der Waals surface area contributed by atoms with Crippen LogP contribution in [0.2, 0.25) is 0 Å². The van der Waals surface area contributed by atoms with Crippen molar-refractivity contribution in [3.05, 3.63) is 58.3 Å². The highest BCUT2D eigenvalue weighted by Crippen LogP contribution is 2.08. The van der Waals surface area contributed by atoms with Gasteiger partial charge in [0.15, 0.2) is 6.29 Å². The highest BCUT2D eigenvalue weighted by atomic mass is 16.6. The van der Waals surface area contributed by atoms with Gasteiger partial charge in [0, 0.05) is 6.42 Å². The first kappa shape index (κ1) is 24.0. The van der Waals surface area contributed by atoms with Crippen LogP contribution in [-0.4, -0.2) is 11.2 Å². The molecule has 0 amide bonds. The number of rotatable bonds is 17. The highest BCUT2D eigenvalue weighted by Gasteiger charge is 2.06. The van der Waals surface area contributed by atoms with Gasteiger partial charge in [-0.1, -0.05) is 62.6 Å². The van der Waals surface area contributed by atoms with Gasteiger partial charge in [0.2, 0.25) is 5.70 Å². The number of nitrogens with zero attached hydrogens (tertiary/aromatic N) is 1. The van der Waals surface area contributed by atoms with Crippen molar-refractivity contribution in [1.29, 1.82) is 0 Å². The van der Waals surface area contributed by atoms with Gasteiger partial charge in [-0.2, -0.15) is 0 Å². The molecule has 0 aliphatic rings. The summed E-state index contributed by atoms with van der Waals surface area (Å²) in [5.74, 6) is 0. The van der Waals surface area contributed by atoms with E-state index in [4.69, 9.17) is 0 Å². The van der Waals surface area contributed by atoms with Gasteiger partial charge in [-0.15, -0.1) is 0 Å². The fourth-order valence-electron chi connectivity index (χ4n) is 2.39. The summed E-state index contributed by atoms with van der Waals surface area (Å²) in [5, 5.41) is 11.1. The Bertz CT molecular complexity index is 476. The van der Waals surface area contributed by atoms with E-state index in [-0.39, 0.29) is 10.6 Å². The number of hydrogen-bond acceptors (Lipinski definition) is 3. The van der Waals surface area contributed by atoms with Gasteiger partial charge >= 0.3 is 0 Å². The molecular weight excluding hydrogens is 326 g/mol. The van der Waals surface area contributed by atoms with E-state index in [2.05, 4.69) is 25.2 Å². The first-order valence-corrected chi connectivity index (χ1v) is 9.85. The molecule has 0 fully saturated rings. The largest absolute Gasteiger partial charge is 0.291 e. The molecule has 0 rings (SSSR count). The topological polar surface area (TPSA) is 60.2 Å². The molecule has 4 heteroatoms. The quantitative estimate of drug-likeness (QED) is 0.127. The Morgan fingerprint density at radius 1 is 0.885 bits per heavy atom. The third-order valence-electron chi connectivity index (χ3n) is 3.95. The Balaban J connectivity index is 3.96. The Kier molecular flexibility index (Phi) is 17.9. The summed E-state index contributed by atoms with van der Waals surface area (Å²) >= 11 is 0. The van der Waals surface area contributed by atoms with E-state index < -0.39 is 0 Å². The minimum absolute atomic E-state index is 0.247. The number of nitro groups is 1. The van der Waals surface area contributed by atoms with Crippen LogP contribution in [0.15, 0.2) is 48.2 Å². The van der Waals surface area contributed by atoms with Gasteiger partial charge in [0.05, 0.1) is 11.3 Å². The zero-order chi connectivity index (χ0) is 19.3. The molecule has 0 bridgehead atoms. The lowest BCUT2D eigenvalue weighted by Gasteiger charge is -1.95. The van der Waals surface area contributed by atoms with Crippen LogP contribution in [0.25, 0.3) is 0 Å². The fraction of sp³-hybridized carbons (Fsp3) is 0.591. The molecule has 0 aromatic rings. The molecule has 0 unspecified atom stereocenters. The molecule has 0 N–H and O–H groups in total. The molecule has 0 saturated heterocycles. The maximum Gasteiger partial charge on any atom is 0.246 e. The lowest BCUT2D eigenvalue weighted by molar-refractivity contribution is -0.427. The third kappa shape index (κ3) is 16.9. The fourth-order valence-corrected chi connectivity index (χ4v) is 2.39. The standard InChI is InChI=1S/C22H34NO3/c1-2-3-4-5-6-7-8-10-13-16-19-22(23(25)26)20-17-14-11-9-12-15-18-21-24/h6-7,10,13-14,17,19H,2-5,8-9,11-12,15-16,18,20H2,1H3/b7-6-,13-10-,17-14-,22-19+. The molecule has 0 aliphatic carbocycles. The van der Waals surface area contributed by atoms with Crippen molar-refractivity contribution in [2.45, 2.75) is 84.0 Å². The highest BCUT2D eigenvalue weighted by molar-refractivity contribution is 5.50. The van der Waals surface area contributed by atoms with Gasteiger partial charge in [-0.05, 0) is 51.0 Å². The lowest BCUT2D eigenvalue weighted by atomic mass is 10.1. The third-order valence-corrected chi connectivity index (χ3v) is 3.95. The van der Waals surface area contributed by atoms with Crippen LogP contribution in [0.3, 0.4) is 0 Å². The first-order valence-electron chi connectivity index (χ1n) is 9.85. The van der Waals surface area contributed by atoms with Crippen LogP contribution in [0.5, 0.6) is 0 Å². The molecule has 0 saturated carbocycles. The van der Waals surface area contributed by atoms with Gasteiger partial charge < -0.3 is 0 Å². The van der Waals surface area contributed by atoms with Crippen molar-refractivity contribution in [3.63, 3.8) is 0 Å². The van der Waals surface area contributed by atoms with Crippen LogP contribution in [0, 0.1) is 10.1 Å². The van der Waals surface area contributed by atoms with Crippen LogP contribution in [0.1, 0.15) is 84.0 Å². The van der Waals surface area contributed by atoms with Crippen molar-refractivity contribution in [3.8, 4) is 0 Å². The molecule has 0 spiro atoms. The minimum atomic E-state index is -0.300. The van der Waals surface area contributed by atoms with E-state index in [9.17, 15) is 14.9 Å². The van der Waals surface area contributed by atoms with E-state index in [0.717, 1.165) is 38.5 Å². The van der Waals surface area contributed by atoms with E-state index in [0.29, 0.717) is 19.3 Å². The average molecular weight is 361 g/mol. The zero-order valence-electron chi connectivity index (χ0n) is 16.2. The molecule has 0 heterocycles. The summed E-state index contributed by atoms with van der Waals surface area (Å²) in [6.45, 7) is 2.20. The molecule has 0 aliphatic heterocycles. The SMILES string of the molecule is CCCCC/C=C\C/C=C\C/C=C(\C/C=C\CCCCC[C]=O)[N+](=O)[O-]. The number of carbonyl (C=O) groups excluding carboxylic acids is 1. The van der Waals surface area contributed by atoms with Gasteiger partial charge in [0.1, 0.15) is 0 Å². The van der Waals surface area contributed by atoms with Gasteiger partial charge in [0.25, 0.3) is 0 Å². The lowest BCUT2D eigenvalue weighted by Crippen LogP contribution is -1.97.